The van der Waals surface area contributed by atoms with Crippen molar-refractivity contribution >= 4 is 11.8 Å². The summed E-state index contributed by atoms with van der Waals surface area (Å²) < 4.78 is 42.1. The molecule has 6 rings (SSSR count). The molecule has 2 amide bonds. The standard InChI is InChI=1S/C31H34FN3O7/c32-23-6-4-22(5-7-23)29(30(36)33-17-24-2-1-13-39-24)35(18-21-3-9-26-28(16-21)41-20-40-26)31(37)27-10-8-25(42-27)19-34-11-14-38-15-12-34/h3-10,16,24,29H,1-2,11-15,17-20H2,(H,33,36)/t24-,29+/m0/s1. The number of rotatable bonds is 10. The van der Waals surface area contributed by atoms with Crippen LogP contribution in [0.25, 0.3) is 0 Å². The van der Waals surface area contributed by atoms with Crippen molar-refractivity contribution in [3.05, 3.63) is 83.1 Å². The molecule has 10 nitrogen and oxygen atoms in total. The van der Waals surface area contributed by atoms with Gasteiger partial charge in [-0.15, -0.1) is 0 Å². The van der Waals surface area contributed by atoms with Gasteiger partial charge in [0.2, 0.25) is 12.7 Å². The zero-order valence-corrected chi connectivity index (χ0v) is 23.3. The van der Waals surface area contributed by atoms with E-state index in [1.165, 1.54) is 29.2 Å². The molecule has 0 radical (unpaired) electrons. The molecule has 0 unspecified atom stereocenters. The Morgan fingerprint density at radius 3 is 2.60 bits per heavy atom. The van der Waals surface area contributed by atoms with Crippen LogP contribution >= 0.6 is 0 Å². The second kappa shape index (κ2) is 12.9. The molecule has 0 bridgehead atoms. The lowest BCUT2D eigenvalue weighted by Gasteiger charge is -2.31. The number of furan rings is 1. The van der Waals surface area contributed by atoms with Crippen molar-refractivity contribution in [3.63, 3.8) is 0 Å². The van der Waals surface area contributed by atoms with Crippen LogP contribution in [0.1, 0.15) is 46.3 Å². The molecule has 4 heterocycles. The lowest BCUT2D eigenvalue weighted by molar-refractivity contribution is -0.126. The Hall–Kier alpha value is -3.93. The van der Waals surface area contributed by atoms with Gasteiger partial charge in [-0.05, 0) is 60.4 Å². The molecule has 11 heteroatoms. The van der Waals surface area contributed by atoms with Gasteiger partial charge in [-0.25, -0.2) is 4.39 Å². The number of hydrogen-bond acceptors (Lipinski definition) is 8. The average molecular weight is 580 g/mol. The van der Waals surface area contributed by atoms with E-state index in [9.17, 15) is 14.0 Å². The summed E-state index contributed by atoms with van der Waals surface area (Å²) in [6.07, 6.45) is 1.69. The molecule has 1 N–H and O–H groups in total. The van der Waals surface area contributed by atoms with Crippen LogP contribution < -0.4 is 14.8 Å². The molecule has 3 aromatic rings. The van der Waals surface area contributed by atoms with Crippen LogP contribution in [0.2, 0.25) is 0 Å². The van der Waals surface area contributed by atoms with Crippen LogP contribution in [0, 0.1) is 5.82 Å². The molecule has 1 aromatic heterocycles. The molecule has 0 saturated carbocycles. The first-order valence-electron chi connectivity index (χ1n) is 14.3. The summed E-state index contributed by atoms with van der Waals surface area (Å²) in [6, 6.07) is 13.4. The number of amides is 2. The van der Waals surface area contributed by atoms with Gasteiger partial charge in [-0.3, -0.25) is 14.5 Å². The molecule has 3 aliphatic heterocycles. The minimum Gasteiger partial charge on any atom is -0.455 e. The number of morpholine rings is 1. The zero-order chi connectivity index (χ0) is 28.9. The van der Waals surface area contributed by atoms with Crippen LogP contribution in [0.5, 0.6) is 11.5 Å². The van der Waals surface area contributed by atoms with Gasteiger partial charge in [0.05, 0.1) is 25.9 Å². The number of carbonyl (C=O) groups is 2. The maximum atomic E-state index is 14.2. The summed E-state index contributed by atoms with van der Waals surface area (Å²) >= 11 is 0. The van der Waals surface area contributed by atoms with E-state index >= 15 is 0 Å². The van der Waals surface area contributed by atoms with E-state index in [1.807, 2.05) is 6.07 Å². The molecule has 42 heavy (non-hydrogen) atoms. The maximum absolute atomic E-state index is 14.2. The van der Waals surface area contributed by atoms with Crippen molar-refractivity contribution < 1.29 is 37.3 Å². The molecule has 222 valence electrons. The third-order valence-electron chi connectivity index (χ3n) is 7.68. The smallest absolute Gasteiger partial charge is 0.290 e. The SMILES string of the molecule is O=C(NC[C@@H]1CCCO1)[C@@H](c1ccc(F)cc1)N(Cc1ccc2c(c1)OCO2)C(=O)c1ccc(CN2CCOCC2)o1. The summed E-state index contributed by atoms with van der Waals surface area (Å²) in [7, 11) is 0. The molecular formula is C31H34FN3O7. The van der Waals surface area contributed by atoms with Crippen LogP contribution in [-0.4, -0.2) is 74.0 Å². The fourth-order valence-electron chi connectivity index (χ4n) is 5.45. The summed E-state index contributed by atoms with van der Waals surface area (Å²) in [4.78, 5) is 31.7. The van der Waals surface area contributed by atoms with E-state index in [2.05, 4.69) is 10.2 Å². The molecule has 3 aliphatic rings. The number of ether oxygens (including phenoxy) is 4. The Morgan fingerprint density at radius 1 is 1.00 bits per heavy atom. The minimum absolute atomic E-state index is 0.0599. The van der Waals surface area contributed by atoms with Crippen molar-refractivity contribution in [1.29, 1.82) is 0 Å². The molecule has 2 aromatic carbocycles. The Morgan fingerprint density at radius 2 is 1.81 bits per heavy atom. The number of nitrogens with zero attached hydrogens (tertiary/aromatic N) is 2. The lowest BCUT2D eigenvalue weighted by Crippen LogP contribution is -2.45. The average Bonchev–Trinajstić information content (AvgIpc) is 3.79. The number of fused-ring (bicyclic) bond motifs is 1. The number of benzene rings is 2. The molecule has 2 saturated heterocycles. The lowest BCUT2D eigenvalue weighted by atomic mass is 10.0. The van der Waals surface area contributed by atoms with Crippen molar-refractivity contribution in [2.24, 2.45) is 0 Å². The van der Waals surface area contributed by atoms with E-state index in [0.717, 1.165) is 31.5 Å². The number of carbonyl (C=O) groups excluding carboxylic acids is 2. The van der Waals surface area contributed by atoms with Gasteiger partial charge in [-0.2, -0.15) is 0 Å². The van der Waals surface area contributed by atoms with Gasteiger partial charge >= 0.3 is 0 Å². The second-order valence-corrected chi connectivity index (χ2v) is 10.6. The van der Waals surface area contributed by atoms with Gasteiger partial charge in [0.25, 0.3) is 5.91 Å². The van der Waals surface area contributed by atoms with Crippen molar-refractivity contribution in [3.8, 4) is 11.5 Å². The van der Waals surface area contributed by atoms with Crippen LogP contribution in [-0.2, 0) is 27.4 Å². The Kier molecular flexibility index (Phi) is 8.68. The van der Waals surface area contributed by atoms with Crippen LogP contribution in [0.3, 0.4) is 0 Å². The Bertz CT molecular complexity index is 1380. The first-order chi connectivity index (χ1) is 20.5. The van der Waals surface area contributed by atoms with Crippen LogP contribution in [0.4, 0.5) is 4.39 Å². The third-order valence-corrected chi connectivity index (χ3v) is 7.68. The van der Waals surface area contributed by atoms with Crippen molar-refractivity contribution in [2.45, 2.75) is 38.1 Å². The number of halogens is 1. The van der Waals surface area contributed by atoms with Gasteiger partial charge in [-0.1, -0.05) is 18.2 Å². The van der Waals surface area contributed by atoms with E-state index < -0.39 is 23.7 Å². The number of nitrogens with one attached hydrogen (secondary N) is 1. The predicted molar refractivity (Wildman–Crippen MR) is 148 cm³/mol. The summed E-state index contributed by atoms with van der Waals surface area (Å²) in [5, 5.41) is 2.97. The Labute approximate surface area is 243 Å². The molecule has 0 spiro atoms. The quantitative estimate of drug-likeness (QED) is 0.389. The topological polar surface area (TPSA) is 103 Å². The van der Waals surface area contributed by atoms with Gasteiger partial charge in [0.15, 0.2) is 17.3 Å². The first-order valence-corrected chi connectivity index (χ1v) is 14.3. The highest BCUT2D eigenvalue weighted by Gasteiger charge is 2.34. The Balaban J connectivity index is 1.31. The molecule has 2 fully saturated rings. The van der Waals surface area contributed by atoms with Gasteiger partial charge < -0.3 is 33.6 Å². The van der Waals surface area contributed by atoms with Gasteiger partial charge in [0, 0.05) is 32.8 Å². The van der Waals surface area contributed by atoms with E-state index in [1.54, 1.807) is 24.3 Å². The normalized spacial score (nSPS) is 19.0. The van der Waals surface area contributed by atoms with E-state index in [-0.39, 0.29) is 25.2 Å². The summed E-state index contributed by atoms with van der Waals surface area (Å²) in [6.45, 7) is 4.53. The monoisotopic (exact) mass is 579 g/mol. The van der Waals surface area contributed by atoms with E-state index in [4.69, 9.17) is 23.4 Å². The predicted octanol–water partition coefficient (Wildman–Crippen LogP) is 3.66. The first kappa shape index (κ1) is 28.2. The molecular weight excluding hydrogens is 545 g/mol. The van der Waals surface area contributed by atoms with Crippen molar-refractivity contribution in [1.82, 2.24) is 15.1 Å². The fraction of sp³-hybridized carbons (Fsp3) is 0.419. The largest absolute Gasteiger partial charge is 0.455 e. The third kappa shape index (κ3) is 6.59. The number of hydrogen-bond donors (Lipinski definition) is 1. The highest BCUT2D eigenvalue weighted by Crippen LogP contribution is 2.34. The zero-order valence-electron chi connectivity index (χ0n) is 23.3. The fourth-order valence-corrected chi connectivity index (χ4v) is 5.45. The molecule has 2 atom stereocenters. The molecule has 0 aliphatic carbocycles. The summed E-state index contributed by atoms with van der Waals surface area (Å²) in [5.41, 5.74) is 1.20. The highest BCUT2D eigenvalue weighted by molar-refractivity contribution is 5.96. The highest BCUT2D eigenvalue weighted by atomic mass is 19.1. The minimum atomic E-state index is -1.07. The second-order valence-electron chi connectivity index (χ2n) is 10.6. The maximum Gasteiger partial charge on any atom is 0.290 e. The van der Waals surface area contributed by atoms with E-state index in [0.29, 0.717) is 55.7 Å². The van der Waals surface area contributed by atoms with Crippen molar-refractivity contribution in [2.75, 3.05) is 46.2 Å². The summed E-state index contributed by atoms with van der Waals surface area (Å²) in [5.74, 6) is 0.618. The van der Waals surface area contributed by atoms with Crippen LogP contribution in [0.15, 0.2) is 59.0 Å². The van der Waals surface area contributed by atoms with Gasteiger partial charge in [0.1, 0.15) is 17.6 Å².